The average molecular weight is 515 g/mol. The van der Waals surface area contributed by atoms with Crippen molar-refractivity contribution in [3.63, 3.8) is 0 Å². The number of Topliss-reactive ketones (excluding diaryl/α,β-unsaturated/α-hetero) is 1. The van der Waals surface area contributed by atoms with Gasteiger partial charge in [-0.1, -0.05) is 42.7 Å². The minimum Gasteiger partial charge on any atom is -0.481 e. The number of rotatable bonds is 12. The van der Waals surface area contributed by atoms with E-state index in [0.29, 0.717) is 34.7 Å². The molecule has 3 aromatic rings. The highest BCUT2D eigenvalue weighted by atomic mass is 35.5. The number of carboxylic acids is 1. The molecule has 8 heteroatoms. The molecule has 0 bridgehead atoms. The fourth-order valence-electron chi connectivity index (χ4n) is 4.40. The third-order valence-electron chi connectivity index (χ3n) is 6.27. The van der Waals surface area contributed by atoms with Crippen molar-refractivity contribution in [1.82, 2.24) is 10.1 Å². The molecule has 1 fully saturated rings. The van der Waals surface area contributed by atoms with Gasteiger partial charge in [-0.3, -0.25) is 9.59 Å². The molecule has 2 aromatic heterocycles. The Hall–Kier alpha value is -2.51. The lowest BCUT2D eigenvalue weighted by Crippen LogP contribution is -2.13. The van der Waals surface area contributed by atoms with Gasteiger partial charge < -0.3 is 9.63 Å². The lowest BCUT2D eigenvalue weighted by Gasteiger charge is -2.15. The van der Waals surface area contributed by atoms with Crippen molar-refractivity contribution in [2.24, 2.45) is 5.92 Å². The Kier molecular flexibility index (Phi) is 8.07. The van der Waals surface area contributed by atoms with Gasteiger partial charge in [-0.25, -0.2) is 4.98 Å². The van der Waals surface area contributed by atoms with E-state index >= 15 is 0 Å². The number of aryl methyl sites for hydroxylation is 1. The van der Waals surface area contributed by atoms with Crippen LogP contribution in [-0.2, 0) is 22.4 Å². The Labute approximate surface area is 214 Å². The van der Waals surface area contributed by atoms with E-state index in [0.717, 1.165) is 46.7 Å². The molecule has 0 spiro atoms. The van der Waals surface area contributed by atoms with Gasteiger partial charge in [-0.15, -0.1) is 11.3 Å². The number of thiazole rings is 1. The second-order valence-electron chi connectivity index (χ2n) is 9.95. The standard InChI is InChI=1S/C27H31ClN2O4S/c1-15(2)10-23-29-22(14-35-23)27-25(17-6-7-17)26(30-34-27)19(8-9-24(32)33)13-20(31)12-18-5-4-16(3)11-21(18)28/h4-5,11,14-15,17,19H,6-10,12-13H2,1-3H3,(H,32,33)/t19-/m0/s1. The summed E-state index contributed by atoms with van der Waals surface area (Å²) in [5, 5.41) is 17.4. The van der Waals surface area contributed by atoms with Crippen molar-refractivity contribution in [3.05, 3.63) is 56.0 Å². The quantitative estimate of drug-likeness (QED) is 0.280. The first-order valence-corrected chi connectivity index (χ1v) is 13.4. The van der Waals surface area contributed by atoms with Gasteiger partial charge in [0.05, 0.1) is 10.7 Å². The summed E-state index contributed by atoms with van der Waals surface area (Å²) in [6, 6.07) is 5.66. The summed E-state index contributed by atoms with van der Waals surface area (Å²) in [4.78, 5) is 29.2. The van der Waals surface area contributed by atoms with Crippen molar-refractivity contribution in [2.45, 2.75) is 77.6 Å². The lowest BCUT2D eigenvalue weighted by molar-refractivity contribution is -0.137. The van der Waals surface area contributed by atoms with Crippen LogP contribution in [0.3, 0.4) is 0 Å². The number of halogens is 1. The van der Waals surface area contributed by atoms with E-state index in [4.69, 9.17) is 21.1 Å². The fraction of sp³-hybridized carbons (Fsp3) is 0.481. The van der Waals surface area contributed by atoms with E-state index in [1.54, 1.807) is 11.3 Å². The molecule has 1 N–H and O–H groups in total. The molecule has 0 aliphatic heterocycles. The van der Waals surface area contributed by atoms with Gasteiger partial charge in [0.25, 0.3) is 0 Å². The predicted octanol–water partition coefficient (Wildman–Crippen LogP) is 6.99. The van der Waals surface area contributed by atoms with Crippen molar-refractivity contribution in [3.8, 4) is 11.5 Å². The molecule has 1 aliphatic carbocycles. The minimum atomic E-state index is -0.890. The molecule has 0 amide bonds. The molecule has 0 saturated heterocycles. The van der Waals surface area contributed by atoms with E-state index in [2.05, 4.69) is 19.0 Å². The summed E-state index contributed by atoms with van der Waals surface area (Å²) >= 11 is 7.96. The van der Waals surface area contributed by atoms with Crippen LogP contribution < -0.4 is 0 Å². The Morgan fingerprint density at radius 2 is 2.06 bits per heavy atom. The average Bonchev–Trinajstić information content (AvgIpc) is 3.36. The number of carbonyl (C=O) groups is 2. The van der Waals surface area contributed by atoms with Crippen molar-refractivity contribution in [1.29, 1.82) is 0 Å². The van der Waals surface area contributed by atoms with E-state index in [1.165, 1.54) is 0 Å². The van der Waals surface area contributed by atoms with Crippen LogP contribution in [0.25, 0.3) is 11.5 Å². The Bertz CT molecular complexity index is 1210. The molecule has 1 saturated carbocycles. The molecule has 186 valence electrons. The molecule has 2 heterocycles. The van der Waals surface area contributed by atoms with Gasteiger partial charge in [-0.05, 0) is 55.2 Å². The van der Waals surface area contributed by atoms with Crippen LogP contribution >= 0.6 is 22.9 Å². The van der Waals surface area contributed by atoms with Crippen LogP contribution in [0, 0.1) is 12.8 Å². The number of ketones is 1. The first-order chi connectivity index (χ1) is 16.7. The smallest absolute Gasteiger partial charge is 0.303 e. The third-order valence-corrected chi connectivity index (χ3v) is 7.50. The van der Waals surface area contributed by atoms with Gasteiger partial charge in [-0.2, -0.15) is 0 Å². The summed E-state index contributed by atoms with van der Waals surface area (Å²) < 4.78 is 5.84. The molecular weight excluding hydrogens is 484 g/mol. The van der Waals surface area contributed by atoms with Crippen LogP contribution in [0.2, 0.25) is 5.02 Å². The molecule has 4 rings (SSSR count). The zero-order chi connectivity index (χ0) is 25.1. The number of carbonyl (C=O) groups excluding carboxylic acids is 1. The molecule has 0 radical (unpaired) electrons. The molecule has 1 aromatic carbocycles. The summed E-state index contributed by atoms with van der Waals surface area (Å²) in [6.07, 6.45) is 3.65. The molecule has 1 aliphatic rings. The zero-order valence-corrected chi connectivity index (χ0v) is 21.9. The highest BCUT2D eigenvalue weighted by Gasteiger charge is 2.36. The number of aromatic nitrogens is 2. The highest BCUT2D eigenvalue weighted by molar-refractivity contribution is 7.09. The van der Waals surface area contributed by atoms with Gasteiger partial charge in [0, 0.05) is 47.6 Å². The maximum absolute atomic E-state index is 13.1. The molecule has 35 heavy (non-hydrogen) atoms. The van der Waals surface area contributed by atoms with Crippen molar-refractivity contribution in [2.75, 3.05) is 0 Å². The summed E-state index contributed by atoms with van der Waals surface area (Å²) in [5.74, 6) is 0.280. The van der Waals surface area contributed by atoms with Gasteiger partial charge in [0.1, 0.15) is 11.5 Å². The zero-order valence-electron chi connectivity index (χ0n) is 20.3. The summed E-state index contributed by atoms with van der Waals surface area (Å²) in [6.45, 7) is 6.28. The summed E-state index contributed by atoms with van der Waals surface area (Å²) in [7, 11) is 0. The van der Waals surface area contributed by atoms with E-state index in [-0.39, 0.29) is 31.0 Å². The normalized spacial score (nSPS) is 14.4. The van der Waals surface area contributed by atoms with Crippen LogP contribution in [-0.4, -0.2) is 27.0 Å². The lowest BCUT2D eigenvalue weighted by atomic mass is 9.88. The number of hydrogen-bond donors (Lipinski definition) is 1. The molecule has 6 nitrogen and oxygen atoms in total. The van der Waals surface area contributed by atoms with Crippen LogP contribution in [0.5, 0.6) is 0 Å². The SMILES string of the molecule is Cc1ccc(CC(=O)C[C@H](CCC(=O)O)c2noc(-c3csc(CC(C)C)n3)c2C2CC2)c(Cl)c1. The van der Waals surface area contributed by atoms with Crippen molar-refractivity contribution < 1.29 is 19.2 Å². The van der Waals surface area contributed by atoms with Gasteiger partial charge >= 0.3 is 5.97 Å². The van der Waals surface area contributed by atoms with Gasteiger partial charge in [0.15, 0.2) is 5.76 Å². The first-order valence-electron chi connectivity index (χ1n) is 12.1. The van der Waals surface area contributed by atoms with Crippen LogP contribution in [0.4, 0.5) is 0 Å². The Morgan fingerprint density at radius 3 is 2.71 bits per heavy atom. The molecule has 1 atom stereocenters. The van der Waals surface area contributed by atoms with Crippen molar-refractivity contribution >= 4 is 34.7 Å². The van der Waals surface area contributed by atoms with Gasteiger partial charge in [0.2, 0.25) is 0 Å². The maximum Gasteiger partial charge on any atom is 0.303 e. The van der Waals surface area contributed by atoms with E-state index < -0.39 is 5.97 Å². The number of hydrogen-bond acceptors (Lipinski definition) is 6. The van der Waals surface area contributed by atoms with Crippen LogP contribution in [0.1, 0.15) is 85.2 Å². The van der Waals surface area contributed by atoms with E-state index in [9.17, 15) is 14.7 Å². The minimum absolute atomic E-state index is 0.00492. The monoisotopic (exact) mass is 514 g/mol. The van der Waals surface area contributed by atoms with E-state index in [1.807, 2.05) is 30.5 Å². The second kappa shape index (κ2) is 11.0. The third kappa shape index (κ3) is 6.58. The number of carboxylic acid groups (broad SMARTS) is 1. The summed E-state index contributed by atoms with van der Waals surface area (Å²) in [5.41, 5.74) is 4.31. The number of benzene rings is 1. The second-order valence-corrected chi connectivity index (χ2v) is 11.3. The molecule has 0 unspecified atom stereocenters. The topological polar surface area (TPSA) is 93.3 Å². The van der Waals surface area contributed by atoms with Crippen LogP contribution in [0.15, 0.2) is 28.1 Å². The largest absolute Gasteiger partial charge is 0.481 e. The first kappa shape index (κ1) is 25.6. The molecular formula is C27H31ClN2O4S. The number of nitrogens with zero attached hydrogens (tertiary/aromatic N) is 2. The maximum atomic E-state index is 13.1. The Balaban J connectivity index is 1.60. The number of aliphatic carboxylic acids is 1. The fourth-order valence-corrected chi connectivity index (χ4v) is 5.69. The Morgan fingerprint density at radius 1 is 1.29 bits per heavy atom. The highest BCUT2D eigenvalue weighted by Crippen LogP contribution is 2.49. The predicted molar refractivity (Wildman–Crippen MR) is 137 cm³/mol.